The normalized spacial score (nSPS) is 18.8. The van der Waals surface area contributed by atoms with E-state index in [2.05, 4.69) is 4.90 Å². The second kappa shape index (κ2) is 12.5. The van der Waals surface area contributed by atoms with Crippen molar-refractivity contribution >= 4 is 29.1 Å². The number of anilines is 1. The van der Waals surface area contributed by atoms with Crippen molar-refractivity contribution < 1.29 is 32.6 Å². The summed E-state index contributed by atoms with van der Waals surface area (Å²) < 4.78 is 48.2. The highest BCUT2D eigenvalue weighted by Crippen LogP contribution is 2.42. The van der Waals surface area contributed by atoms with Crippen LogP contribution < -0.4 is 15.4 Å². The minimum absolute atomic E-state index is 0.156. The number of likely N-dealkylation sites (tertiary alicyclic amines) is 1. The maximum Gasteiger partial charge on any atom is 0.430 e. The number of hydrogen-bond donors (Lipinski definition) is 2. The van der Waals surface area contributed by atoms with Gasteiger partial charge in [0.15, 0.2) is 0 Å². The van der Waals surface area contributed by atoms with Gasteiger partial charge in [-0.15, -0.1) is 0 Å². The van der Waals surface area contributed by atoms with Crippen LogP contribution in [0.25, 0.3) is 0 Å². The number of carbonyl (C=O) groups excluding carboxylic acids is 2. The van der Waals surface area contributed by atoms with Gasteiger partial charge in [-0.05, 0) is 88.1 Å². The number of carbonyl (C=O) groups is 2. The van der Waals surface area contributed by atoms with Crippen LogP contribution in [-0.2, 0) is 10.4 Å². The van der Waals surface area contributed by atoms with E-state index >= 15 is 0 Å². The van der Waals surface area contributed by atoms with Crippen LogP contribution in [0.2, 0.25) is 5.02 Å². The number of rotatable bonds is 8. The number of ether oxygens (including phenoxy) is 1. The summed E-state index contributed by atoms with van der Waals surface area (Å²) in [5.74, 6) is -0.999. The van der Waals surface area contributed by atoms with Crippen molar-refractivity contribution in [2.45, 2.75) is 63.8 Å². The van der Waals surface area contributed by atoms with Crippen LogP contribution in [0.3, 0.4) is 0 Å². The molecule has 2 heterocycles. The zero-order chi connectivity index (χ0) is 29.9. The van der Waals surface area contributed by atoms with Gasteiger partial charge in [0, 0.05) is 37.4 Å². The van der Waals surface area contributed by atoms with Gasteiger partial charge in [-0.2, -0.15) is 13.2 Å². The van der Waals surface area contributed by atoms with E-state index in [1.165, 1.54) is 12.1 Å². The molecule has 2 saturated heterocycles. The summed E-state index contributed by atoms with van der Waals surface area (Å²) in [5, 5.41) is 11.2. The number of benzene rings is 2. The Balaban J connectivity index is 1.33. The molecule has 3 N–H and O–H groups in total. The number of primary amides is 1. The Hall–Kier alpha value is -2.98. The average molecular weight is 596 g/mol. The molecule has 2 fully saturated rings. The molecule has 2 aliphatic heterocycles. The predicted octanol–water partition coefficient (Wildman–Crippen LogP) is 5.52. The summed E-state index contributed by atoms with van der Waals surface area (Å²) in [5.41, 5.74) is 2.36. The number of aliphatic hydroxyl groups is 1. The maximum absolute atomic E-state index is 14.2. The fourth-order valence-electron chi connectivity index (χ4n) is 5.87. The zero-order valence-electron chi connectivity index (χ0n) is 23.3. The zero-order valence-corrected chi connectivity index (χ0v) is 24.0. The van der Waals surface area contributed by atoms with Crippen LogP contribution in [0, 0.1) is 11.8 Å². The summed E-state index contributed by atoms with van der Waals surface area (Å²) in [4.78, 5) is 28.0. The summed E-state index contributed by atoms with van der Waals surface area (Å²) >= 11 is 6.21. The first-order valence-electron chi connectivity index (χ1n) is 14.0. The molecule has 4 rings (SSSR count). The van der Waals surface area contributed by atoms with Gasteiger partial charge in [0.1, 0.15) is 5.75 Å². The summed E-state index contributed by atoms with van der Waals surface area (Å²) in [6, 6.07) is 10.3. The SMILES string of the molecule is CC(C)Oc1cccc(C(O)(C(=O)N2CCC(CC3CCN(c4ccc(C(N)=O)c(Cl)c4)CC3)CC2)C(F)(F)F)c1. The molecule has 2 aliphatic rings. The standard InChI is InChI=1S/C30H37ClF3N3O4/c1-19(2)41-24-5-3-4-22(17-24)29(40,30(32,33)34)28(39)37-14-10-21(11-15-37)16-20-8-12-36(13-9-20)23-6-7-25(27(35)38)26(31)18-23/h3-7,17-21,40H,8-16H2,1-2H3,(H2,35,38). The van der Waals surface area contributed by atoms with Gasteiger partial charge in [0.2, 0.25) is 5.91 Å². The predicted molar refractivity (Wildman–Crippen MR) is 151 cm³/mol. The third-order valence-corrected chi connectivity index (χ3v) is 8.42. The first-order valence-corrected chi connectivity index (χ1v) is 14.4. The molecule has 11 heteroatoms. The quantitative estimate of drug-likeness (QED) is 0.419. The second-order valence-electron chi connectivity index (χ2n) is 11.3. The largest absolute Gasteiger partial charge is 0.491 e. The summed E-state index contributed by atoms with van der Waals surface area (Å²) in [6.07, 6.45) is -1.46. The van der Waals surface area contributed by atoms with Crippen LogP contribution in [0.4, 0.5) is 18.9 Å². The molecule has 1 atom stereocenters. The third-order valence-electron chi connectivity index (χ3n) is 8.11. The van der Waals surface area contributed by atoms with E-state index in [1.54, 1.807) is 26.0 Å². The van der Waals surface area contributed by atoms with Crippen molar-refractivity contribution in [3.63, 3.8) is 0 Å². The van der Waals surface area contributed by atoms with Gasteiger partial charge in [0.25, 0.3) is 11.5 Å². The highest BCUT2D eigenvalue weighted by atomic mass is 35.5. The van der Waals surface area contributed by atoms with Crippen molar-refractivity contribution in [3.05, 3.63) is 58.6 Å². The number of alkyl halides is 3. The van der Waals surface area contributed by atoms with E-state index in [9.17, 15) is 27.9 Å². The first-order chi connectivity index (χ1) is 19.3. The van der Waals surface area contributed by atoms with Crippen molar-refractivity contribution in [2.75, 3.05) is 31.1 Å². The molecule has 0 saturated carbocycles. The van der Waals surface area contributed by atoms with Crippen LogP contribution in [0.1, 0.15) is 61.9 Å². The molecule has 41 heavy (non-hydrogen) atoms. The van der Waals surface area contributed by atoms with Crippen molar-refractivity contribution in [3.8, 4) is 5.75 Å². The molecule has 2 aromatic carbocycles. The number of amides is 2. The van der Waals surface area contributed by atoms with E-state index in [0.29, 0.717) is 29.7 Å². The Bertz CT molecular complexity index is 1240. The fourth-order valence-corrected chi connectivity index (χ4v) is 6.14. The minimum atomic E-state index is -5.20. The molecule has 2 aromatic rings. The van der Waals surface area contributed by atoms with E-state index in [-0.39, 0.29) is 30.5 Å². The molecule has 0 aromatic heterocycles. The van der Waals surface area contributed by atoms with Gasteiger partial charge in [-0.1, -0.05) is 23.7 Å². The van der Waals surface area contributed by atoms with Gasteiger partial charge >= 0.3 is 6.18 Å². The Morgan fingerprint density at radius 3 is 2.17 bits per heavy atom. The lowest BCUT2D eigenvalue weighted by Crippen LogP contribution is -2.57. The molecule has 2 amide bonds. The smallest absolute Gasteiger partial charge is 0.430 e. The number of nitrogens with two attached hydrogens (primary N) is 1. The van der Waals surface area contributed by atoms with Gasteiger partial charge in [0.05, 0.1) is 16.7 Å². The topological polar surface area (TPSA) is 96.1 Å². The van der Waals surface area contributed by atoms with Crippen LogP contribution in [0.15, 0.2) is 42.5 Å². The van der Waals surface area contributed by atoms with E-state index in [0.717, 1.165) is 55.1 Å². The number of nitrogens with zero attached hydrogens (tertiary/aromatic N) is 2. The van der Waals surface area contributed by atoms with Gasteiger partial charge in [-0.3, -0.25) is 9.59 Å². The van der Waals surface area contributed by atoms with Crippen molar-refractivity contribution in [1.29, 1.82) is 0 Å². The van der Waals surface area contributed by atoms with Crippen LogP contribution >= 0.6 is 11.6 Å². The molecular weight excluding hydrogens is 559 g/mol. The highest BCUT2D eigenvalue weighted by Gasteiger charge is 2.62. The number of piperidine rings is 2. The monoisotopic (exact) mass is 595 g/mol. The molecule has 7 nitrogen and oxygen atoms in total. The number of halogens is 4. The molecule has 0 spiro atoms. The molecule has 0 radical (unpaired) electrons. The molecule has 0 bridgehead atoms. The molecule has 0 aliphatic carbocycles. The Labute approximate surface area is 243 Å². The van der Waals surface area contributed by atoms with Gasteiger partial charge in [-0.25, -0.2) is 0 Å². The van der Waals surface area contributed by atoms with Gasteiger partial charge < -0.3 is 25.4 Å². The fraction of sp³-hybridized carbons (Fsp3) is 0.533. The third kappa shape index (κ3) is 6.92. The summed E-state index contributed by atoms with van der Waals surface area (Å²) in [7, 11) is 0. The van der Waals surface area contributed by atoms with Crippen molar-refractivity contribution in [1.82, 2.24) is 4.90 Å². The minimum Gasteiger partial charge on any atom is -0.491 e. The molecule has 224 valence electrons. The van der Waals surface area contributed by atoms with Crippen LogP contribution in [-0.4, -0.2) is 60.3 Å². The Kier molecular flexibility index (Phi) is 9.43. The Morgan fingerprint density at radius 1 is 1.02 bits per heavy atom. The van der Waals surface area contributed by atoms with E-state index in [1.807, 2.05) is 6.07 Å². The first kappa shape index (κ1) is 31.0. The average Bonchev–Trinajstić information content (AvgIpc) is 2.92. The molecular formula is C30H37ClF3N3O4. The lowest BCUT2D eigenvalue weighted by Gasteiger charge is -2.40. The van der Waals surface area contributed by atoms with E-state index in [4.69, 9.17) is 22.1 Å². The van der Waals surface area contributed by atoms with Crippen LogP contribution in [0.5, 0.6) is 5.75 Å². The molecule has 1 unspecified atom stereocenters. The Morgan fingerprint density at radius 2 is 1.63 bits per heavy atom. The van der Waals surface area contributed by atoms with Crippen molar-refractivity contribution in [2.24, 2.45) is 17.6 Å². The maximum atomic E-state index is 14.2. The second-order valence-corrected chi connectivity index (χ2v) is 11.7. The number of hydrogen-bond acceptors (Lipinski definition) is 5. The lowest BCUT2D eigenvalue weighted by molar-refractivity contribution is -0.262. The van der Waals surface area contributed by atoms with E-state index < -0.39 is 29.2 Å². The summed E-state index contributed by atoms with van der Waals surface area (Å²) in [6.45, 7) is 5.45. The highest BCUT2D eigenvalue weighted by molar-refractivity contribution is 6.34. The lowest BCUT2D eigenvalue weighted by atomic mass is 9.82.